The molecule has 0 amide bonds. The molecule has 31 heavy (non-hydrogen) atoms. The van der Waals surface area contributed by atoms with Gasteiger partial charge in [0.1, 0.15) is 0 Å². The highest BCUT2D eigenvalue weighted by molar-refractivity contribution is 6.91. The number of aryl methyl sites for hydroxylation is 2. The Morgan fingerprint density at radius 2 is 1.35 bits per heavy atom. The van der Waals surface area contributed by atoms with Crippen molar-refractivity contribution in [3.05, 3.63) is 53.6 Å². The van der Waals surface area contributed by atoms with Gasteiger partial charge in [-0.2, -0.15) is 0 Å². The van der Waals surface area contributed by atoms with E-state index in [2.05, 4.69) is 76.4 Å². The molecule has 2 aliphatic rings. The molecule has 2 aliphatic carbocycles. The van der Waals surface area contributed by atoms with Crippen LogP contribution < -0.4 is 5.19 Å². The van der Waals surface area contributed by atoms with Gasteiger partial charge in [-0.3, -0.25) is 0 Å². The Labute approximate surface area is 194 Å². The number of fused-ring (bicyclic) bond motifs is 1. The van der Waals surface area contributed by atoms with E-state index in [0.29, 0.717) is 0 Å². The van der Waals surface area contributed by atoms with Gasteiger partial charge in [0.05, 0.1) is 8.07 Å². The van der Waals surface area contributed by atoms with Crippen LogP contribution in [0.2, 0.25) is 18.6 Å². The van der Waals surface area contributed by atoms with E-state index in [-0.39, 0.29) is 0 Å². The molecule has 0 aromatic heterocycles. The second-order valence-electron chi connectivity index (χ2n) is 11.1. The van der Waals surface area contributed by atoms with Crippen molar-refractivity contribution in [1.29, 1.82) is 0 Å². The monoisotopic (exact) mass is 436 g/mol. The molecule has 0 nitrogen and oxygen atoms in total. The first kappa shape index (κ1) is 24.6. The number of hydrogen-bond donors (Lipinski definition) is 0. The highest BCUT2D eigenvalue weighted by Crippen LogP contribution is 2.52. The molecule has 0 saturated heterocycles. The normalized spacial score (nSPS) is 25.2. The standard InChI is InChI=1S/C30H48Si/c1-6-8-10-12-16-25-21-26(17-13-11-9-7-2)23-28(22-25)31(4,5)30-24(3)20-27-18-14-15-19-29(27)30/h14-15,18-19,21-24,27,29-30H,6-13,16-17,20H2,1-5H3. The summed E-state index contributed by atoms with van der Waals surface area (Å²) in [6.07, 6.45) is 24.5. The zero-order valence-electron chi connectivity index (χ0n) is 21.1. The molecule has 0 aliphatic heterocycles. The van der Waals surface area contributed by atoms with Gasteiger partial charge >= 0.3 is 0 Å². The van der Waals surface area contributed by atoms with Crippen molar-refractivity contribution in [2.75, 3.05) is 0 Å². The van der Waals surface area contributed by atoms with Gasteiger partial charge in [-0.15, -0.1) is 0 Å². The van der Waals surface area contributed by atoms with Gasteiger partial charge < -0.3 is 0 Å². The van der Waals surface area contributed by atoms with Crippen LogP contribution in [-0.2, 0) is 12.8 Å². The summed E-state index contributed by atoms with van der Waals surface area (Å²) in [5, 5.41) is 1.74. The smallest absolute Gasteiger partial charge is 0.0808 e. The zero-order chi connectivity index (χ0) is 22.3. The van der Waals surface area contributed by atoms with Crippen LogP contribution in [-0.4, -0.2) is 8.07 Å². The molecule has 0 N–H and O–H groups in total. The molecule has 1 saturated carbocycles. The first-order valence-corrected chi connectivity index (χ1v) is 16.5. The largest absolute Gasteiger partial charge is 0.0845 e. The number of benzene rings is 1. The van der Waals surface area contributed by atoms with Crippen molar-refractivity contribution in [2.24, 2.45) is 17.8 Å². The van der Waals surface area contributed by atoms with Gasteiger partial charge in [0.15, 0.2) is 0 Å². The van der Waals surface area contributed by atoms with Crippen LogP contribution in [0.25, 0.3) is 0 Å². The maximum absolute atomic E-state index is 2.68. The molecule has 1 aromatic carbocycles. The third-order valence-electron chi connectivity index (χ3n) is 8.24. The molecule has 0 heterocycles. The lowest BCUT2D eigenvalue weighted by Crippen LogP contribution is -2.49. The van der Waals surface area contributed by atoms with Crippen LogP contribution in [0.4, 0.5) is 0 Å². The van der Waals surface area contributed by atoms with E-state index in [1.165, 1.54) is 70.6 Å². The summed E-state index contributed by atoms with van der Waals surface area (Å²) in [6, 6.07) is 7.86. The van der Waals surface area contributed by atoms with Crippen LogP contribution in [0.15, 0.2) is 42.5 Å². The Balaban J connectivity index is 1.84. The number of hydrogen-bond acceptors (Lipinski definition) is 0. The minimum absolute atomic E-state index is 0.767. The van der Waals surface area contributed by atoms with Gasteiger partial charge in [0.2, 0.25) is 0 Å². The summed E-state index contributed by atoms with van der Waals surface area (Å²) >= 11 is 0. The second kappa shape index (κ2) is 11.7. The van der Waals surface area contributed by atoms with E-state index in [0.717, 1.165) is 23.3 Å². The molecular weight excluding hydrogens is 388 g/mol. The van der Waals surface area contributed by atoms with Crippen molar-refractivity contribution in [1.82, 2.24) is 0 Å². The molecule has 1 fully saturated rings. The summed E-state index contributed by atoms with van der Waals surface area (Å²) in [4.78, 5) is 0. The fourth-order valence-corrected chi connectivity index (χ4v) is 10.9. The van der Waals surface area contributed by atoms with Crippen molar-refractivity contribution in [2.45, 2.75) is 110 Å². The van der Waals surface area contributed by atoms with E-state index >= 15 is 0 Å². The van der Waals surface area contributed by atoms with Gasteiger partial charge in [0, 0.05) is 0 Å². The minimum atomic E-state index is -1.57. The second-order valence-corrected chi connectivity index (χ2v) is 15.8. The number of unbranched alkanes of at least 4 members (excludes halogenated alkanes) is 6. The van der Waals surface area contributed by atoms with Crippen molar-refractivity contribution in [3.63, 3.8) is 0 Å². The van der Waals surface area contributed by atoms with Crippen LogP contribution in [0.3, 0.4) is 0 Å². The van der Waals surface area contributed by atoms with Crippen LogP contribution >= 0.6 is 0 Å². The summed E-state index contributed by atoms with van der Waals surface area (Å²) in [5.74, 6) is 2.38. The molecule has 1 aromatic rings. The van der Waals surface area contributed by atoms with Gasteiger partial charge in [-0.25, -0.2) is 0 Å². The lowest BCUT2D eigenvalue weighted by Gasteiger charge is -2.38. The van der Waals surface area contributed by atoms with Crippen molar-refractivity contribution < 1.29 is 0 Å². The fraction of sp³-hybridized carbons (Fsp3) is 0.667. The van der Waals surface area contributed by atoms with E-state index in [1.54, 1.807) is 16.3 Å². The molecule has 4 unspecified atom stereocenters. The molecule has 4 atom stereocenters. The van der Waals surface area contributed by atoms with Crippen molar-refractivity contribution in [3.8, 4) is 0 Å². The predicted octanol–water partition coefficient (Wildman–Crippen LogP) is 8.62. The van der Waals surface area contributed by atoms with E-state index in [4.69, 9.17) is 0 Å². The average molecular weight is 437 g/mol. The van der Waals surface area contributed by atoms with E-state index in [1.807, 2.05) is 0 Å². The lowest BCUT2D eigenvalue weighted by atomic mass is 9.92. The molecule has 0 spiro atoms. The third kappa shape index (κ3) is 6.25. The highest BCUT2D eigenvalue weighted by Gasteiger charge is 2.48. The maximum atomic E-state index is 2.68. The Kier molecular flexibility index (Phi) is 9.26. The fourth-order valence-electron chi connectivity index (χ4n) is 6.57. The first-order chi connectivity index (χ1) is 15.0. The number of rotatable bonds is 12. The maximum Gasteiger partial charge on any atom is 0.0845 e. The summed E-state index contributed by atoms with van der Waals surface area (Å²) in [7, 11) is -1.57. The molecule has 0 radical (unpaired) electrons. The van der Waals surface area contributed by atoms with Gasteiger partial charge in [-0.05, 0) is 66.5 Å². The van der Waals surface area contributed by atoms with Crippen molar-refractivity contribution >= 4 is 13.3 Å². The van der Waals surface area contributed by atoms with E-state index < -0.39 is 8.07 Å². The van der Waals surface area contributed by atoms with Crippen LogP contribution in [0.1, 0.15) is 89.7 Å². The topological polar surface area (TPSA) is 0 Å². The lowest BCUT2D eigenvalue weighted by molar-refractivity contribution is 0.544. The SMILES string of the molecule is CCCCCCc1cc(CCCCCC)cc([Si](C)(C)C2C(C)CC3C=CC=CC32)c1. The molecule has 1 heteroatoms. The number of allylic oxidation sites excluding steroid dienone is 4. The quantitative estimate of drug-likeness (QED) is 0.227. The molecular formula is C30H48Si. The Bertz CT molecular complexity index is 711. The van der Waals surface area contributed by atoms with E-state index in [9.17, 15) is 0 Å². The molecule has 0 bridgehead atoms. The zero-order valence-corrected chi connectivity index (χ0v) is 22.1. The van der Waals surface area contributed by atoms with Gasteiger partial charge in [-0.1, -0.05) is 120 Å². The average Bonchev–Trinajstić information content (AvgIpc) is 3.10. The summed E-state index contributed by atoms with van der Waals surface area (Å²) < 4.78 is 0. The molecule has 3 rings (SSSR count). The Morgan fingerprint density at radius 3 is 1.94 bits per heavy atom. The van der Waals surface area contributed by atoms with Gasteiger partial charge in [0.25, 0.3) is 0 Å². The predicted molar refractivity (Wildman–Crippen MR) is 142 cm³/mol. The minimum Gasteiger partial charge on any atom is -0.0808 e. The molecule has 172 valence electrons. The first-order valence-electron chi connectivity index (χ1n) is 13.5. The Hall–Kier alpha value is -1.08. The third-order valence-corrected chi connectivity index (χ3v) is 12.6. The highest BCUT2D eigenvalue weighted by atomic mass is 28.3. The summed E-state index contributed by atoms with van der Waals surface area (Å²) in [6.45, 7) is 12.5. The van der Waals surface area contributed by atoms with Crippen LogP contribution in [0.5, 0.6) is 0 Å². The summed E-state index contributed by atoms with van der Waals surface area (Å²) in [5.41, 5.74) is 4.11. The Morgan fingerprint density at radius 1 is 0.774 bits per heavy atom. The van der Waals surface area contributed by atoms with Crippen LogP contribution in [0, 0.1) is 17.8 Å².